The van der Waals surface area contributed by atoms with Crippen molar-refractivity contribution in [3.05, 3.63) is 59.2 Å². The number of amides is 2. The third kappa shape index (κ3) is 5.12. The Balaban J connectivity index is 1.57. The van der Waals surface area contributed by atoms with E-state index in [1.54, 1.807) is 6.07 Å². The van der Waals surface area contributed by atoms with Crippen molar-refractivity contribution in [1.82, 2.24) is 4.90 Å². The number of nitrogens with zero attached hydrogens (tertiary/aromatic N) is 1. The SMILES string of the molecule is Cc1ccc(NCC(=O)Nc2cccc(C(=O)N3CCC(C)CC3)c2)c(C)c1. The first-order chi connectivity index (χ1) is 13.4. The fourth-order valence-corrected chi connectivity index (χ4v) is 3.52. The summed E-state index contributed by atoms with van der Waals surface area (Å²) in [6.07, 6.45) is 2.10. The molecule has 0 aliphatic carbocycles. The Morgan fingerprint density at radius 2 is 1.82 bits per heavy atom. The average Bonchev–Trinajstić information content (AvgIpc) is 2.67. The summed E-state index contributed by atoms with van der Waals surface area (Å²) in [5, 5.41) is 6.04. The molecule has 2 amide bonds. The molecule has 1 heterocycles. The molecule has 1 fully saturated rings. The Bertz CT molecular complexity index is 855. The van der Waals surface area contributed by atoms with Gasteiger partial charge in [-0.2, -0.15) is 0 Å². The van der Waals surface area contributed by atoms with Crippen LogP contribution < -0.4 is 10.6 Å². The third-order valence-electron chi connectivity index (χ3n) is 5.29. The van der Waals surface area contributed by atoms with Gasteiger partial charge in [-0.05, 0) is 62.4 Å². The zero-order valence-corrected chi connectivity index (χ0v) is 16.9. The number of benzene rings is 2. The van der Waals surface area contributed by atoms with Crippen LogP contribution in [0.1, 0.15) is 41.3 Å². The first kappa shape index (κ1) is 19.9. The predicted molar refractivity (Wildman–Crippen MR) is 114 cm³/mol. The van der Waals surface area contributed by atoms with E-state index in [1.165, 1.54) is 5.56 Å². The number of rotatable bonds is 5. The summed E-state index contributed by atoms with van der Waals surface area (Å²) in [5.41, 5.74) is 4.51. The summed E-state index contributed by atoms with van der Waals surface area (Å²) >= 11 is 0. The lowest BCUT2D eigenvalue weighted by Crippen LogP contribution is -2.37. The molecule has 0 spiro atoms. The Hall–Kier alpha value is -2.82. The number of anilines is 2. The highest BCUT2D eigenvalue weighted by Gasteiger charge is 2.21. The maximum absolute atomic E-state index is 12.7. The van der Waals surface area contributed by atoms with Gasteiger partial charge in [0.2, 0.25) is 5.91 Å². The lowest BCUT2D eigenvalue weighted by molar-refractivity contribution is -0.114. The van der Waals surface area contributed by atoms with Gasteiger partial charge >= 0.3 is 0 Å². The van der Waals surface area contributed by atoms with Crippen molar-refractivity contribution in [1.29, 1.82) is 0 Å². The first-order valence-electron chi connectivity index (χ1n) is 9.92. The van der Waals surface area contributed by atoms with Crippen LogP contribution in [0.2, 0.25) is 0 Å². The van der Waals surface area contributed by atoms with Crippen LogP contribution in [0, 0.1) is 19.8 Å². The molecule has 5 nitrogen and oxygen atoms in total. The van der Waals surface area contributed by atoms with Crippen molar-refractivity contribution in [2.24, 2.45) is 5.92 Å². The molecule has 0 radical (unpaired) electrons. The second kappa shape index (κ2) is 8.91. The Kier molecular flexibility index (Phi) is 6.34. The van der Waals surface area contributed by atoms with E-state index in [1.807, 2.05) is 49.1 Å². The van der Waals surface area contributed by atoms with Gasteiger partial charge in [-0.3, -0.25) is 9.59 Å². The van der Waals surface area contributed by atoms with Gasteiger partial charge in [-0.15, -0.1) is 0 Å². The van der Waals surface area contributed by atoms with E-state index >= 15 is 0 Å². The van der Waals surface area contributed by atoms with Crippen LogP contribution in [0.15, 0.2) is 42.5 Å². The number of carbonyl (C=O) groups is 2. The van der Waals surface area contributed by atoms with Crippen molar-refractivity contribution in [3.8, 4) is 0 Å². The van der Waals surface area contributed by atoms with Gasteiger partial charge < -0.3 is 15.5 Å². The van der Waals surface area contributed by atoms with Crippen molar-refractivity contribution >= 4 is 23.2 Å². The fourth-order valence-electron chi connectivity index (χ4n) is 3.52. The quantitative estimate of drug-likeness (QED) is 0.817. The highest BCUT2D eigenvalue weighted by molar-refractivity contribution is 5.98. The van der Waals surface area contributed by atoms with E-state index < -0.39 is 0 Å². The van der Waals surface area contributed by atoms with Crippen LogP contribution in [-0.2, 0) is 4.79 Å². The number of hydrogen-bond acceptors (Lipinski definition) is 3. The molecule has 5 heteroatoms. The van der Waals surface area contributed by atoms with E-state index in [9.17, 15) is 9.59 Å². The summed E-state index contributed by atoms with van der Waals surface area (Å²) in [4.78, 5) is 26.9. The Morgan fingerprint density at radius 3 is 2.54 bits per heavy atom. The highest BCUT2D eigenvalue weighted by Crippen LogP contribution is 2.20. The van der Waals surface area contributed by atoms with Crippen LogP contribution in [0.3, 0.4) is 0 Å². The van der Waals surface area contributed by atoms with Crippen LogP contribution in [0.4, 0.5) is 11.4 Å². The van der Waals surface area contributed by atoms with Crippen molar-refractivity contribution in [3.63, 3.8) is 0 Å². The van der Waals surface area contributed by atoms with Crippen molar-refractivity contribution < 1.29 is 9.59 Å². The smallest absolute Gasteiger partial charge is 0.253 e. The van der Waals surface area contributed by atoms with Crippen molar-refractivity contribution in [2.75, 3.05) is 30.3 Å². The van der Waals surface area contributed by atoms with E-state index in [0.717, 1.165) is 37.2 Å². The standard InChI is InChI=1S/C23H29N3O2/c1-16-9-11-26(12-10-16)23(28)19-5-4-6-20(14-19)25-22(27)15-24-21-8-7-17(2)13-18(21)3/h4-8,13-14,16,24H,9-12,15H2,1-3H3,(H,25,27). The molecule has 0 unspecified atom stereocenters. The predicted octanol–water partition coefficient (Wildman–Crippen LogP) is 4.23. The molecular formula is C23H29N3O2. The van der Waals surface area contributed by atoms with E-state index in [2.05, 4.69) is 23.6 Å². The van der Waals surface area contributed by atoms with E-state index in [-0.39, 0.29) is 18.4 Å². The van der Waals surface area contributed by atoms with Crippen LogP contribution in [-0.4, -0.2) is 36.3 Å². The topological polar surface area (TPSA) is 61.4 Å². The average molecular weight is 380 g/mol. The van der Waals surface area contributed by atoms with Crippen molar-refractivity contribution in [2.45, 2.75) is 33.6 Å². The molecule has 2 aromatic carbocycles. The number of aryl methyl sites for hydroxylation is 2. The zero-order chi connectivity index (χ0) is 20.1. The van der Waals surface area contributed by atoms with Gasteiger partial charge in [-0.1, -0.05) is 30.7 Å². The van der Waals surface area contributed by atoms with Crippen LogP contribution in [0.5, 0.6) is 0 Å². The number of hydrogen-bond donors (Lipinski definition) is 2. The molecular weight excluding hydrogens is 350 g/mol. The highest BCUT2D eigenvalue weighted by atomic mass is 16.2. The molecule has 0 atom stereocenters. The molecule has 2 N–H and O–H groups in total. The minimum Gasteiger partial charge on any atom is -0.376 e. The van der Waals surface area contributed by atoms with E-state index in [4.69, 9.17) is 0 Å². The van der Waals surface area contributed by atoms with Gasteiger partial charge in [0.1, 0.15) is 0 Å². The number of carbonyl (C=O) groups excluding carboxylic acids is 2. The lowest BCUT2D eigenvalue weighted by Gasteiger charge is -2.30. The number of nitrogens with one attached hydrogen (secondary N) is 2. The molecule has 2 aromatic rings. The molecule has 1 saturated heterocycles. The van der Waals surface area contributed by atoms with E-state index in [0.29, 0.717) is 17.2 Å². The maximum atomic E-state index is 12.7. The largest absolute Gasteiger partial charge is 0.376 e. The molecule has 3 rings (SSSR count). The van der Waals surface area contributed by atoms with Crippen LogP contribution in [0.25, 0.3) is 0 Å². The normalized spacial score (nSPS) is 14.6. The molecule has 148 valence electrons. The zero-order valence-electron chi connectivity index (χ0n) is 16.9. The summed E-state index contributed by atoms with van der Waals surface area (Å²) in [6, 6.07) is 13.3. The molecule has 0 saturated carbocycles. The maximum Gasteiger partial charge on any atom is 0.253 e. The Labute approximate surface area is 167 Å². The second-order valence-corrected chi connectivity index (χ2v) is 7.78. The molecule has 1 aliphatic heterocycles. The summed E-state index contributed by atoms with van der Waals surface area (Å²) < 4.78 is 0. The molecule has 0 aromatic heterocycles. The van der Waals surface area contributed by atoms with Gasteiger partial charge in [0.15, 0.2) is 0 Å². The first-order valence-corrected chi connectivity index (χ1v) is 9.92. The Morgan fingerprint density at radius 1 is 1.07 bits per heavy atom. The molecule has 0 bridgehead atoms. The summed E-state index contributed by atoms with van der Waals surface area (Å²) in [5.74, 6) is 0.576. The minimum absolute atomic E-state index is 0.0383. The minimum atomic E-state index is -0.142. The van der Waals surface area contributed by atoms with Crippen LogP contribution >= 0.6 is 0 Å². The summed E-state index contributed by atoms with van der Waals surface area (Å²) in [7, 11) is 0. The third-order valence-corrected chi connectivity index (χ3v) is 5.29. The van der Waals surface area contributed by atoms with Gasteiger partial charge in [0.05, 0.1) is 6.54 Å². The number of likely N-dealkylation sites (tertiary alicyclic amines) is 1. The lowest BCUT2D eigenvalue weighted by atomic mass is 9.98. The second-order valence-electron chi connectivity index (χ2n) is 7.78. The molecule has 28 heavy (non-hydrogen) atoms. The summed E-state index contributed by atoms with van der Waals surface area (Å²) in [6.45, 7) is 8.06. The van der Waals surface area contributed by atoms with Gasteiger partial charge in [-0.25, -0.2) is 0 Å². The molecule has 1 aliphatic rings. The fraction of sp³-hybridized carbons (Fsp3) is 0.391. The number of piperidine rings is 1. The van der Waals surface area contributed by atoms with Gasteiger partial charge in [0.25, 0.3) is 5.91 Å². The monoisotopic (exact) mass is 379 g/mol. The van der Waals surface area contributed by atoms with Gasteiger partial charge in [0, 0.05) is 30.0 Å².